The average Bonchev–Trinajstić information content (AvgIpc) is 2.75. The number of rotatable bonds is 3. The van der Waals surface area contributed by atoms with Gasteiger partial charge in [0, 0.05) is 22.5 Å². The third kappa shape index (κ3) is 4.01. The van der Waals surface area contributed by atoms with Gasteiger partial charge in [-0.15, -0.1) is 11.8 Å². The van der Waals surface area contributed by atoms with E-state index in [0.717, 1.165) is 17.0 Å². The third-order valence-corrected chi connectivity index (χ3v) is 4.85. The molecule has 2 heterocycles. The Morgan fingerprint density at radius 3 is 2.76 bits per heavy atom. The smallest absolute Gasteiger partial charge is 0.233 e. The second kappa shape index (κ2) is 6.40. The lowest BCUT2D eigenvalue weighted by atomic mass is 10.0. The minimum Gasteiger partial charge on any atom is -0.377 e. The molecule has 1 unspecified atom stereocenters. The van der Waals surface area contributed by atoms with Gasteiger partial charge in [0.15, 0.2) is 0 Å². The van der Waals surface area contributed by atoms with Gasteiger partial charge in [-0.2, -0.15) is 5.10 Å². The van der Waals surface area contributed by atoms with E-state index in [-0.39, 0.29) is 16.7 Å². The number of thioether (sulfide) groups is 1. The highest BCUT2D eigenvalue weighted by atomic mass is 32.2. The van der Waals surface area contributed by atoms with Crippen molar-refractivity contribution in [3.05, 3.63) is 17.0 Å². The van der Waals surface area contributed by atoms with Crippen molar-refractivity contribution in [1.29, 1.82) is 0 Å². The minimum absolute atomic E-state index is 0.0226. The second-order valence-corrected chi connectivity index (χ2v) is 8.23. The van der Waals surface area contributed by atoms with Crippen LogP contribution in [0, 0.1) is 13.8 Å². The van der Waals surface area contributed by atoms with Gasteiger partial charge in [0.05, 0.1) is 30.7 Å². The van der Waals surface area contributed by atoms with Crippen molar-refractivity contribution in [2.75, 3.05) is 25.5 Å². The number of H-pyrrole nitrogens is 1. The van der Waals surface area contributed by atoms with E-state index in [0.29, 0.717) is 25.5 Å². The topological polar surface area (TPSA) is 58.2 Å². The largest absolute Gasteiger partial charge is 0.377 e. The van der Waals surface area contributed by atoms with Gasteiger partial charge in [0.2, 0.25) is 5.91 Å². The first-order chi connectivity index (χ1) is 9.79. The van der Waals surface area contributed by atoms with Crippen LogP contribution < -0.4 is 0 Å². The van der Waals surface area contributed by atoms with E-state index in [1.54, 1.807) is 11.8 Å². The van der Waals surface area contributed by atoms with Crippen molar-refractivity contribution in [3.63, 3.8) is 0 Å². The molecule has 0 aliphatic carbocycles. The maximum absolute atomic E-state index is 12.6. The molecule has 0 saturated carbocycles. The van der Waals surface area contributed by atoms with E-state index >= 15 is 0 Å². The fraction of sp³-hybridized carbons (Fsp3) is 0.733. The van der Waals surface area contributed by atoms with Gasteiger partial charge in [0.1, 0.15) is 0 Å². The van der Waals surface area contributed by atoms with Gasteiger partial charge in [-0.1, -0.05) is 20.8 Å². The van der Waals surface area contributed by atoms with Crippen molar-refractivity contribution < 1.29 is 9.53 Å². The van der Waals surface area contributed by atoms with E-state index < -0.39 is 0 Å². The normalized spacial score (nSPS) is 19.9. The number of hydrogen-bond acceptors (Lipinski definition) is 4. The summed E-state index contributed by atoms with van der Waals surface area (Å²) in [4.78, 5) is 14.5. The number of morpholine rings is 1. The number of carbonyl (C=O) groups is 1. The Bertz CT molecular complexity index is 488. The van der Waals surface area contributed by atoms with Gasteiger partial charge in [0.25, 0.3) is 0 Å². The maximum atomic E-state index is 12.6. The van der Waals surface area contributed by atoms with Gasteiger partial charge < -0.3 is 9.64 Å². The molecule has 1 amide bonds. The Balaban J connectivity index is 2.14. The summed E-state index contributed by atoms with van der Waals surface area (Å²) in [6, 6.07) is -0.0226. The Morgan fingerprint density at radius 2 is 2.19 bits per heavy atom. The number of ether oxygens (including phenoxy) is 1. The summed E-state index contributed by atoms with van der Waals surface area (Å²) < 4.78 is 5.70. The molecule has 5 nitrogen and oxygen atoms in total. The van der Waals surface area contributed by atoms with Gasteiger partial charge in [-0.3, -0.25) is 9.89 Å². The third-order valence-electron chi connectivity index (χ3n) is 3.60. The van der Waals surface area contributed by atoms with Crippen molar-refractivity contribution in [2.45, 2.75) is 45.4 Å². The summed E-state index contributed by atoms with van der Waals surface area (Å²) in [5, 5.41) is 7.25. The number of nitrogens with zero attached hydrogens (tertiary/aromatic N) is 2. The number of nitrogens with one attached hydrogen (secondary N) is 1. The van der Waals surface area contributed by atoms with Crippen molar-refractivity contribution in [1.82, 2.24) is 15.1 Å². The monoisotopic (exact) mass is 311 g/mol. The van der Waals surface area contributed by atoms with Crippen LogP contribution in [0.25, 0.3) is 0 Å². The lowest BCUT2D eigenvalue weighted by Crippen LogP contribution is -2.44. The van der Waals surface area contributed by atoms with Gasteiger partial charge in [-0.25, -0.2) is 0 Å². The average molecular weight is 311 g/mol. The zero-order valence-electron chi connectivity index (χ0n) is 13.5. The summed E-state index contributed by atoms with van der Waals surface area (Å²) in [5.41, 5.74) is 3.07. The number of aromatic amines is 1. The predicted molar refractivity (Wildman–Crippen MR) is 85.5 cm³/mol. The molecule has 1 fully saturated rings. The molecule has 1 atom stereocenters. The summed E-state index contributed by atoms with van der Waals surface area (Å²) >= 11 is 1.69. The number of hydrogen-bond donors (Lipinski definition) is 1. The fourth-order valence-corrected chi connectivity index (χ4v) is 3.28. The molecular weight excluding hydrogens is 286 g/mol. The van der Waals surface area contributed by atoms with Crippen LogP contribution in [0.1, 0.15) is 43.8 Å². The first kappa shape index (κ1) is 16.4. The first-order valence-electron chi connectivity index (χ1n) is 7.32. The molecule has 118 valence electrons. The lowest BCUT2D eigenvalue weighted by molar-refractivity contribution is -0.137. The van der Waals surface area contributed by atoms with Crippen molar-refractivity contribution in [3.8, 4) is 0 Å². The molecule has 1 aliphatic rings. The highest BCUT2D eigenvalue weighted by Crippen LogP contribution is 2.30. The van der Waals surface area contributed by atoms with Crippen LogP contribution >= 0.6 is 11.8 Å². The second-order valence-electron chi connectivity index (χ2n) is 6.43. The molecule has 1 aliphatic heterocycles. The number of aromatic nitrogens is 2. The number of carbonyl (C=O) groups excluding carboxylic acids is 1. The molecule has 1 N–H and O–H groups in total. The van der Waals surface area contributed by atoms with Crippen LogP contribution in [0.2, 0.25) is 0 Å². The number of aryl methyl sites for hydroxylation is 2. The molecule has 0 radical (unpaired) electrons. The standard InChI is InChI=1S/C15H25N3O2S/c1-10-14(11(2)17-16-10)12-8-20-7-6-18(12)13(19)9-21-15(3,4)5/h12H,6-9H2,1-5H3,(H,16,17). The molecule has 21 heavy (non-hydrogen) atoms. The minimum atomic E-state index is -0.0226. The van der Waals surface area contributed by atoms with E-state index in [9.17, 15) is 4.79 Å². The van der Waals surface area contributed by atoms with Crippen LogP contribution in [0.15, 0.2) is 0 Å². The molecule has 0 spiro atoms. The van der Waals surface area contributed by atoms with Crippen LogP contribution in [-0.2, 0) is 9.53 Å². The zero-order chi connectivity index (χ0) is 15.6. The molecule has 1 aromatic rings. The Labute approximate surface area is 130 Å². The van der Waals surface area contributed by atoms with Crippen LogP contribution in [0.4, 0.5) is 0 Å². The summed E-state index contributed by atoms with van der Waals surface area (Å²) in [6.07, 6.45) is 0. The van der Waals surface area contributed by atoms with Crippen molar-refractivity contribution in [2.24, 2.45) is 0 Å². The highest BCUT2D eigenvalue weighted by molar-refractivity contribution is 8.01. The van der Waals surface area contributed by atoms with Gasteiger partial charge >= 0.3 is 0 Å². The number of amides is 1. The van der Waals surface area contributed by atoms with Crippen LogP contribution in [-0.4, -0.2) is 51.3 Å². The van der Waals surface area contributed by atoms with Crippen molar-refractivity contribution >= 4 is 17.7 Å². The summed E-state index contributed by atoms with van der Waals surface area (Å²) in [7, 11) is 0. The van der Waals surface area contributed by atoms with E-state index in [1.165, 1.54) is 0 Å². The summed E-state index contributed by atoms with van der Waals surface area (Å²) in [6.45, 7) is 12.2. The summed E-state index contributed by atoms with van der Waals surface area (Å²) in [5.74, 6) is 0.693. The Hall–Kier alpha value is -1.01. The van der Waals surface area contributed by atoms with E-state index in [2.05, 4.69) is 31.0 Å². The molecule has 2 rings (SSSR count). The highest BCUT2D eigenvalue weighted by Gasteiger charge is 2.32. The maximum Gasteiger partial charge on any atom is 0.233 e. The molecule has 6 heteroatoms. The van der Waals surface area contributed by atoms with E-state index in [4.69, 9.17) is 4.74 Å². The molecule has 0 aromatic carbocycles. The molecule has 0 bridgehead atoms. The quantitative estimate of drug-likeness (QED) is 0.931. The lowest BCUT2D eigenvalue weighted by Gasteiger charge is -2.36. The Kier molecular flexibility index (Phi) is 4.99. The zero-order valence-corrected chi connectivity index (χ0v) is 14.3. The van der Waals surface area contributed by atoms with Crippen LogP contribution in [0.5, 0.6) is 0 Å². The fourth-order valence-electron chi connectivity index (χ4n) is 2.55. The molecule has 1 saturated heterocycles. The van der Waals surface area contributed by atoms with Crippen LogP contribution in [0.3, 0.4) is 0 Å². The predicted octanol–water partition coefficient (Wildman–Crippen LogP) is 2.46. The van der Waals surface area contributed by atoms with E-state index in [1.807, 2.05) is 18.7 Å². The first-order valence-corrected chi connectivity index (χ1v) is 8.31. The SMILES string of the molecule is Cc1n[nH]c(C)c1C1COCCN1C(=O)CSC(C)(C)C. The molecule has 1 aromatic heterocycles. The van der Waals surface area contributed by atoms with Gasteiger partial charge in [-0.05, 0) is 13.8 Å². The molecular formula is C15H25N3O2S. The Morgan fingerprint density at radius 1 is 1.48 bits per heavy atom.